The number of rotatable bonds is 1. The Morgan fingerprint density at radius 3 is 2.59 bits per heavy atom. The first-order chi connectivity index (χ1) is 8.08. The molecule has 96 valence electrons. The molecule has 2 heterocycles. The van der Waals surface area contributed by atoms with Crippen molar-refractivity contribution >= 4 is 5.91 Å². The molecule has 0 unspecified atom stereocenters. The van der Waals surface area contributed by atoms with Crippen LogP contribution in [-0.4, -0.2) is 33.2 Å². The zero-order chi connectivity index (χ0) is 13.0. The van der Waals surface area contributed by atoms with Gasteiger partial charge in [-0.25, -0.2) is 4.68 Å². The third-order valence-electron chi connectivity index (χ3n) is 2.95. The fourth-order valence-corrected chi connectivity index (χ4v) is 1.92. The van der Waals surface area contributed by atoms with Gasteiger partial charge in [0.05, 0.1) is 5.69 Å². The number of aromatic nitrogens is 2. The highest BCUT2D eigenvalue weighted by molar-refractivity contribution is 5.75. The van der Waals surface area contributed by atoms with Crippen LogP contribution in [-0.2, 0) is 13.0 Å². The molecule has 0 bridgehead atoms. The van der Waals surface area contributed by atoms with E-state index in [1.165, 1.54) is 10.2 Å². The molecule has 0 aromatic carbocycles. The predicted molar refractivity (Wildman–Crippen MR) is 69.1 cm³/mol. The largest absolute Gasteiger partial charge is 0.295 e. The van der Waals surface area contributed by atoms with Gasteiger partial charge in [-0.15, -0.1) is 0 Å². The van der Waals surface area contributed by atoms with Gasteiger partial charge in [0.1, 0.15) is 0 Å². The first kappa shape index (κ1) is 13.9. The average molecular weight is 237 g/mol. The van der Waals surface area contributed by atoms with E-state index in [4.69, 9.17) is 0 Å². The Morgan fingerprint density at radius 2 is 2.06 bits per heavy atom. The molecular formula is C13H23N3O. The minimum atomic E-state index is -0.0134. The van der Waals surface area contributed by atoms with Crippen LogP contribution in [0.1, 0.15) is 50.7 Å². The van der Waals surface area contributed by atoms with Gasteiger partial charge >= 0.3 is 0 Å². The summed E-state index contributed by atoms with van der Waals surface area (Å²) in [5.41, 5.74) is 2.28. The van der Waals surface area contributed by atoms with Crippen LogP contribution in [0.2, 0.25) is 0 Å². The summed E-state index contributed by atoms with van der Waals surface area (Å²) in [6.45, 7) is 11.8. The number of hydrogen-bond donors (Lipinski definition) is 0. The lowest BCUT2D eigenvalue weighted by atomic mass is 10.1. The number of hydrogen-bond acceptors (Lipinski definition) is 3. The Balaban J connectivity index is 0.000000686. The standard InChI is InChI=1S/C11H17N3O.C2H6/c1-8(2)13-5-4-10-6-14(9(3)15)12-11(10)7-13;1-2/h6,8H,4-5,7H2,1-3H3;1-2H3. The predicted octanol–water partition coefficient (Wildman–Crippen LogP) is 2.34. The molecule has 1 aliphatic rings. The molecule has 2 rings (SSSR count). The van der Waals surface area contributed by atoms with E-state index >= 15 is 0 Å². The molecule has 0 aliphatic carbocycles. The van der Waals surface area contributed by atoms with Crippen LogP contribution in [0.15, 0.2) is 6.20 Å². The summed E-state index contributed by atoms with van der Waals surface area (Å²) in [6, 6.07) is 0.542. The first-order valence-electron chi connectivity index (χ1n) is 6.40. The van der Waals surface area contributed by atoms with Gasteiger partial charge in [0.25, 0.3) is 0 Å². The molecule has 4 heteroatoms. The molecule has 0 fully saturated rings. The molecule has 0 amide bonds. The van der Waals surface area contributed by atoms with E-state index in [0.29, 0.717) is 6.04 Å². The van der Waals surface area contributed by atoms with Crippen molar-refractivity contribution < 1.29 is 4.79 Å². The van der Waals surface area contributed by atoms with Crippen molar-refractivity contribution in [3.8, 4) is 0 Å². The van der Waals surface area contributed by atoms with Crippen molar-refractivity contribution in [2.75, 3.05) is 6.54 Å². The smallest absolute Gasteiger partial charge is 0.243 e. The normalized spacial score (nSPS) is 15.2. The fraction of sp³-hybridized carbons (Fsp3) is 0.692. The van der Waals surface area contributed by atoms with E-state index in [1.807, 2.05) is 20.0 Å². The molecule has 0 atom stereocenters. The molecule has 4 nitrogen and oxygen atoms in total. The Hall–Kier alpha value is -1.16. The van der Waals surface area contributed by atoms with Gasteiger partial charge in [0.15, 0.2) is 0 Å². The van der Waals surface area contributed by atoms with Crippen molar-refractivity contribution in [3.63, 3.8) is 0 Å². The second kappa shape index (κ2) is 5.96. The summed E-state index contributed by atoms with van der Waals surface area (Å²) in [7, 11) is 0. The van der Waals surface area contributed by atoms with E-state index in [2.05, 4.69) is 23.8 Å². The minimum Gasteiger partial charge on any atom is -0.295 e. The fourth-order valence-electron chi connectivity index (χ4n) is 1.92. The molecule has 0 radical (unpaired) electrons. The highest BCUT2D eigenvalue weighted by atomic mass is 16.2. The maximum absolute atomic E-state index is 11.2. The maximum Gasteiger partial charge on any atom is 0.243 e. The zero-order valence-corrected chi connectivity index (χ0v) is 11.5. The molecular weight excluding hydrogens is 214 g/mol. The monoisotopic (exact) mass is 237 g/mol. The summed E-state index contributed by atoms with van der Waals surface area (Å²) in [5, 5.41) is 4.31. The summed E-state index contributed by atoms with van der Waals surface area (Å²) in [5.74, 6) is -0.0134. The average Bonchev–Trinajstić information content (AvgIpc) is 2.74. The van der Waals surface area contributed by atoms with Gasteiger partial charge in [-0.05, 0) is 25.8 Å². The molecule has 1 aromatic rings. The summed E-state index contributed by atoms with van der Waals surface area (Å²) < 4.78 is 1.45. The van der Waals surface area contributed by atoms with E-state index < -0.39 is 0 Å². The summed E-state index contributed by atoms with van der Waals surface area (Å²) in [6.07, 6.45) is 2.87. The first-order valence-corrected chi connectivity index (χ1v) is 6.40. The van der Waals surface area contributed by atoms with Crippen LogP contribution in [0.5, 0.6) is 0 Å². The number of fused-ring (bicyclic) bond motifs is 1. The van der Waals surface area contributed by atoms with Crippen LogP contribution in [0.4, 0.5) is 0 Å². The van der Waals surface area contributed by atoms with Gasteiger partial charge < -0.3 is 0 Å². The third-order valence-corrected chi connectivity index (χ3v) is 2.95. The zero-order valence-electron chi connectivity index (χ0n) is 11.5. The minimum absolute atomic E-state index is 0.0134. The van der Waals surface area contributed by atoms with Gasteiger partial charge in [0.2, 0.25) is 5.91 Å². The second-order valence-corrected chi connectivity index (χ2v) is 4.38. The van der Waals surface area contributed by atoms with Gasteiger partial charge in [-0.1, -0.05) is 13.8 Å². The highest BCUT2D eigenvalue weighted by Crippen LogP contribution is 2.18. The van der Waals surface area contributed by atoms with E-state index in [0.717, 1.165) is 25.2 Å². The van der Waals surface area contributed by atoms with Crippen molar-refractivity contribution in [1.29, 1.82) is 0 Å². The Morgan fingerprint density at radius 1 is 1.41 bits per heavy atom. The number of carbonyl (C=O) groups is 1. The van der Waals surface area contributed by atoms with Crippen molar-refractivity contribution in [2.45, 2.75) is 53.6 Å². The van der Waals surface area contributed by atoms with Gasteiger partial charge in [-0.3, -0.25) is 9.69 Å². The van der Waals surface area contributed by atoms with Crippen LogP contribution in [0.3, 0.4) is 0 Å². The Bertz CT molecular complexity index is 382. The van der Waals surface area contributed by atoms with Crippen LogP contribution in [0.25, 0.3) is 0 Å². The van der Waals surface area contributed by atoms with Crippen molar-refractivity contribution in [1.82, 2.24) is 14.7 Å². The Labute approximate surface area is 104 Å². The lowest BCUT2D eigenvalue weighted by molar-refractivity contribution is 0.0920. The number of nitrogens with zero attached hydrogens (tertiary/aromatic N) is 3. The van der Waals surface area contributed by atoms with Crippen LogP contribution < -0.4 is 0 Å². The third kappa shape index (κ3) is 3.16. The molecule has 1 aromatic heterocycles. The highest BCUT2D eigenvalue weighted by Gasteiger charge is 2.21. The molecule has 0 spiro atoms. The van der Waals surface area contributed by atoms with E-state index in [-0.39, 0.29) is 5.91 Å². The molecule has 0 N–H and O–H groups in total. The molecule has 0 saturated heterocycles. The molecule has 0 saturated carbocycles. The van der Waals surface area contributed by atoms with Gasteiger partial charge in [0, 0.05) is 32.3 Å². The topological polar surface area (TPSA) is 38.1 Å². The van der Waals surface area contributed by atoms with E-state index in [9.17, 15) is 4.79 Å². The molecule has 1 aliphatic heterocycles. The lowest BCUT2D eigenvalue weighted by Crippen LogP contribution is -2.35. The van der Waals surface area contributed by atoms with E-state index in [1.54, 1.807) is 6.92 Å². The second-order valence-electron chi connectivity index (χ2n) is 4.38. The lowest BCUT2D eigenvalue weighted by Gasteiger charge is -2.29. The van der Waals surface area contributed by atoms with Crippen molar-refractivity contribution in [2.24, 2.45) is 0 Å². The van der Waals surface area contributed by atoms with Crippen molar-refractivity contribution in [3.05, 3.63) is 17.5 Å². The van der Waals surface area contributed by atoms with Crippen LogP contribution in [0, 0.1) is 0 Å². The summed E-state index contributed by atoms with van der Waals surface area (Å²) >= 11 is 0. The van der Waals surface area contributed by atoms with Gasteiger partial charge in [-0.2, -0.15) is 5.10 Å². The molecule has 17 heavy (non-hydrogen) atoms. The maximum atomic E-state index is 11.2. The Kier molecular flexibility index (Phi) is 4.87. The quantitative estimate of drug-likeness (QED) is 0.752. The number of carbonyl (C=O) groups excluding carboxylic acids is 1. The van der Waals surface area contributed by atoms with Crippen LogP contribution >= 0.6 is 0 Å². The SMILES string of the molecule is CC.CC(=O)n1cc2c(n1)CN(C(C)C)CC2. The summed E-state index contributed by atoms with van der Waals surface area (Å²) in [4.78, 5) is 13.5.